The smallest absolute Gasteiger partial charge is 0.103 e. The standard InChI is InChI=1S/C16H18NP.3C5H5.U/c1-14(17)13-18(2,15-9-5-3-6-10-15)16-11-7-4-8-12-16;3*1-2-4-5-3-1;/h3-13,17H,1-2H3;3*1-5H;/b14-13+;;;;. The van der Waals surface area contributed by atoms with Crippen molar-refractivity contribution in [2.24, 2.45) is 0 Å². The van der Waals surface area contributed by atoms with E-state index in [1.54, 1.807) is 0 Å². The van der Waals surface area contributed by atoms with Crippen LogP contribution in [0.5, 0.6) is 0 Å². The van der Waals surface area contributed by atoms with Gasteiger partial charge in [-0.2, -0.15) is 0 Å². The van der Waals surface area contributed by atoms with Crippen molar-refractivity contribution in [1.29, 1.82) is 0 Å². The van der Waals surface area contributed by atoms with Crippen molar-refractivity contribution in [1.82, 2.24) is 0 Å². The largest absolute Gasteiger partial charge is 0.700 e. The number of rotatable bonds is 3. The fourth-order valence-electron chi connectivity index (χ4n) is 3.12. The summed E-state index contributed by atoms with van der Waals surface area (Å²) in [5.74, 6) is 2.12. The van der Waals surface area contributed by atoms with Gasteiger partial charge in [0.2, 0.25) is 0 Å². The van der Waals surface area contributed by atoms with E-state index in [-0.39, 0.29) is 31.1 Å². The Bertz CT molecular complexity index is 657. The second-order valence-electron chi connectivity index (χ2n) is 7.45. The molecule has 3 aliphatic carbocycles. The molecule has 0 atom stereocenters. The molecule has 0 saturated heterocycles. The van der Waals surface area contributed by atoms with Crippen LogP contribution in [0.25, 0.3) is 5.73 Å². The molecule has 0 aliphatic heterocycles. The van der Waals surface area contributed by atoms with E-state index in [1.165, 1.54) is 10.6 Å². The second kappa shape index (κ2) is 19.6. The van der Waals surface area contributed by atoms with Crippen LogP contribution in [-0.2, 0) is 0 Å². The van der Waals surface area contributed by atoms with E-state index in [9.17, 15) is 0 Å². The molecule has 34 heavy (non-hydrogen) atoms. The van der Waals surface area contributed by atoms with E-state index in [0.717, 1.165) is 0 Å². The van der Waals surface area contributed by atoms with E-state index in [0.29, 0.717) is 5.70 Å². The summed E-state index contributed by atoms with van der Waals surface area (Å²) in [6.07, 6.45) is 30.0. The van der Waals surface area contributed by atoms with Crippen molar-refractivity contribution in [3.05, 3.63) is 174 Å². The van der Waals surface area contributed by atoms with Crippen LogP contribution in [0.4, 0.5) is 0 Å². The third kappa shape index (κ3) is 13.0. The predicted octanol–water partition coefficient (Wildman–Crippen LogP) is 7.26. The van der Waals surface area contributed by atoms with E-state index in [1.807, 2.05) is 115 Å². The zero-order valence-electron chi connectivity index (χ0n) is 20.0. The Hall–Kier alpha value is -0.538. The van der Waals surface area contributed by atoms with Crippen LogP contribution < -0.4 is 10.6 Å². The fraction of sp³-hybridized carbons (Fsp3) is 0.0645. The van der Waals surface area contributed by atoms with Gasteiger partial charge in [-0.3, -0.25) is 0 Å². The first-order chi connectivity index (χ1) is 16.1. The number of allylic oxidation sites excluding steroid dienone is 1. The molecule has 1 N–H and O–H groups in total. The molecule has 5 rings (SSSR count). The van der Waals surface area contributed by atoms with Crippen LogP contribution in [0.2, 0.25) is 0 Å². The van der Waals surface area contributed by atoms with E-state index in [2.05, 4.69) is 61.0 Å². The molecule has 3 saturated carbocycles. The molecule has 2 aromatic carbocycles. The van der Waals surface area contributed by atoms with Crippen LogP contribution in [0.1, 0.15) is 6.92 Å². The summed E-state index contributed by atoms with van der Waals surface area (Å²) in [6.45, 7) is 4.12. The van der Waals surface area contributed by atoms with Gasteiger partial charge in [0.05, 0.1) is 13.9 Å². The molecule has 3 heteroatoms. The molecule has 3 fully saturated rings. The first-order valence-corrected chi connectivity index (χ1v) is 13.3. The number of hydrogen-bond donors (Lipinski definition) is 0. The Labute approximate surface area is 235 Å². The first-order valence-electron chi connectivity index (χ1n) is 11.0. The molecular weight excluding hydrogens is 655 g/mol. The van der Waals surface area contributed by atoms with Crippen molar-refractivity contribution in [3.8, 4) is 0 Å². The van der Waals surface area contributed by atoms with Gasteiger partial charge in [-0.1, -0.05) is 43.3 Å². The zero-order chi connectivity index (χ0) is 23.6. The summed E-state index contributed by atoms with van der Waals surface area (Å²) in [7, 11) is -1.58. The fourth-order valence-corrected chi connectivity index (χ4v) is 6.08. The van der Waals surface area contributed by atoms with Gasteiger partial charge in [-0.05, 0) is 121 Å². The maximum absolute atomic E-state index is 7.82. The molecule has 3 aliphatic rings. The van der Waals surface area contributed by atoms with E-state index < -0.39 is 7.26 Å². The average Bonchev–Trinajstić information content (AvgIpc) is 3.67. The summed E-state index contributed by atoms with van der Waals surface area (Å²) in [5, 5.41) is 2.64. The van der Waals surface area contributed by atoms with Crippen molar-refractivity contribution in [2.45, 2.75) is 6.92 Å². The third-order valence-electron chi connectivity index (χ3n) is 4.70. The molecule has 0 amide bonds. The van der Waals surface area contributed by atoms with Crippen LogP contribution in [0.15, 0.2) is 72.2 Å². The van der Waals surface area contributed by atoms with Gasteiger partial charge in [0, 0.05) is 36.9 Å². The molecule has 15 radical (unpaired) electrons. The number of nitrogens with one attached hydrogen (secondary N) is 1. The minimum atomic E-state index is -1.58. The molecule has 2 aromatic rings. The van der Waals surface area contributed by atoms with Gasteiger partial charge < -0.3 is 5.73 Å². The minimum Gasteiger partial charge on any atom is -0.700 e. The summed E-state index contributed by atoms with van der Waals surface area (Å²) in [4.78, 5) is 0. The second-order valence-corrected chi connectivity index (χ2v) is 10.9. The number of benzene rings is 2. The summed E-state index contributed by atoms with van der Waals surface area (Å²) in [6, 6.07) is 21.0. The van der Waals surface area contributed by atoms with Crippen LogP contribution in [0, 0.1) is 127 Å². The predicted molar refractivity (Wildman–Crippen MR) is 148 cm³/mol. The van der Waals surface area contributed by atoms with Crippen molar-refractivity contribution in [2.75, 3.05) is 6.66 Å². The molecule has 0 aromatic heterocycles. The van der Waals surface area contributed by atoms with Crippen LogP contribution >= 0.6 is 7.26 Å². The Morgan fingerprint density at radius 1 is 0.529 bits per heavy atom. The molecule has 0 heterocycles. The monoisotopic (exact) mass is 688 g/mol. The van der Waals surface area contributed by atoms with E-state index in [4.69, 9.17) is 5.73 Å². The number of hydrogen-bond acceptors (Lipinski definition) is 0. The Morgan fingerprint density at radius 2 is 0.765 bits per heavy atom. The van der Waals surface area contributed by atoms with Gasteiger partial charge in [0.1, 0.15) is 10.6 Å². The average molecular weight is 689 g/mol. The molecule has 0 spiro atoms. The normalized spacial score (nSPS) is 17.2. The van der Waals surface area contributed by atoms with Gasteiger partial charge in [0.15, 0.2) is 0 Å². The Kier molecular flexibility index (Phi) is 18.2. The Morgan fingerprint density at radius 3 is 0.971 bits per heavy atom. The van der Waals surface area contributed by atoms with Gasteiger partial charge in [-0.25, -0.2) is 0 Å². The third-order valence-corrected chi connectivity index (χ3v) is 8.35. The van der Waals surface area contributed by atoms with Gasteiger partial charge >= 0.3 is 0 Å². The SMILES string of the molecule is C/C([NH-])=C\[P+](C)(c1ccccc1)c1ccccc1.[CH]1[CH][CH][CH][CH]1.[CH]1[CH][CH][CH][CH]1.[CH]1[CH][CH][CH][CH]1.[U]. The molecule has 171 valence electrons. The van der Waals surface area contributed by atoms with Gasteiger partial charge in [-0.15, -0.1) is 5.70 Å². The molecule has 0 bridgehead atoms. The molecular formula is C31H33NPU. The van der Waals surface area contributed by atoms with Crippen molar-refractivity contribution < 1.29 is 31.1 Å². The maximum Gasteiger partial charge on any atom is 0.103 e. The Balaban J connectivity index is 0.000000290. The molecule has 0 unspecified atom stereocenters. The summed E-state index contributed by atoms with van der Waals surface area (Å²) < 4.78 is 0. The van der Waals surface area contributed by atoms with Gasteiger partial charge in [0.25, 0.3) is 0 Å². The molecule has 1 nitrogen and oxygen atoms in total. The first kappa shape index (κ1) is 31.5. The quantitative estimate of drug-likeness (QED) is 0.304. The maximum atomic E-state index is 7.82. The zero-order valence-corrected chi connectivity index (χ0v) is 25.0. The topological polar surface area (TPSA) is 23.8 Å². The van der Waals surface area contributed by atoms with Crippen molar-refractivity contribution >= 4 is 17.9 Å². The summed E-state index contributed by atoms with van der Waals surface area (Å²) in [5.41, 5.74) is 8.46. The van der Waals surface area contributed by atoms with E-state index >= 15 is 0 Å². The minimum absolute atomic E-state index is 0. The summed E-state index contributed by atoms with van der Waals surface area (Å²) >= 11 is 0. The van der Waals surface area contributed by atoms with Crippen LogP contribution in [0.3, 0.4) is 0 Å². The van der Waals surface area contributed by atoms with Crippen molar-refractivity contribution in [3.63, 3.8) is 0 Å². The van der Waals surface area contributed by atoms with Crippen LogP contribution in [-0.4, -0.2) is 6.66 Å².